The lowest BCUT2D eigenvalue weighted by atomic mass is 10.1. The molecule has 1 saturated heterocycles. The number of unbranched alkanes of at least 4 members (excludes halogenated alkanes) is 2. The number of pyridine rings is 1. The molecule has 0 aliphatic carbocycles. The van der Waals surface area contributed by atoms with Crippen LogP contribution in [0, 0.1) is 0 Å². The monoisotopic (exact) mass is 438 g/mol. The number of hydrogen-bond donors (Lipinski definition) is 1. The molecule has 1 N–H and O–H groups in total. The predicted octanol–water partition coefficient (Wildman–Crippen LogP) is 2.24. The fraction of sp³-hybridized carbons (Fsp3) is 0.391. The first-order valence-corrected chi connectivity index (χ1v) is 10.8. The summed E-state index contributed by atoms with van der Waals surface area (Å²) in [7, 11) is 0. The smallest absolute Gasteiger partial charge is 0.351 e. The minimum absolute atomic E-state index is 0.183. The van der Waals surface area contributed by atoms with Gasteiger partial charge in [0.15, 0.2) is 5.65 Å². The van der Waals surface area contributed by atoms with Crippen molar-refractivity contribution in [3.63, 3.8) is 0 Å². The molecular weight excluding hydrogens is 412 g/mol. The van der Waals surface area contributed by atoms with Crippen molar-refractivity contribution in [2.24, 2.45) is 0 Å². The number of fused-ring (bicyclic) bond motifs is 1. The molecule has 1 aliphatic heterocycles. The van der Waals surface area contributed by atoms with Crippen LogP contribution < -0.4 is 15.7 Å². The van der Waals surface area contributed by atoms with Gasteiger partial charge in [0.1, 0.15) is 11.8 Å². The lowest BCUT2D eigenvalue weighted by Crippen LogP contribution is -2.44. The number of imide groups is 1. The quantitative estimate of drug-likeness (QED) is 0.385. The highest BCUT2D eigenvalue weighted by atomic mass is 16.5. The van der Waals surface area contributed by atoms with Gasteiger partial charge in [-0.25, -0.2) is 9.20 Å². The van der Waals surface area contributed by atoms with Gasteiger partial charge in [-0.05, 0) is 43.4 Å². The third kappa shape index (κ3) is 5.23. The third-order valence-corrected chi connectivity index (χ3v) is 5.33. The van der Waals surface area contributed by atoms with E-state index in [0.717, 1.165) is 23.9 Å². The molecule has 9 heteroatoms. The summed E-state index contributed by atoms with van der Waals surface area (Å²) in [5, 5.41) is 6.49. The molecule has 1 unspecified atom stereocenters. The lowest BCUT2D eigenvalue weighted by molar-refractivity contribution is -0.136. The number of ether oxygens (including phenoxy) is 2. The van der Waals surface area contributed by atoms with E-state index in [1.165, 1.54) is 9.96 Å². The maximum absolute atomic E-state index is 12.7. The summed E-state index contributed by atoms with van der Waals surface area (Å²) >= 11 is 0. The highest BCUT2D eigenvalue weighted by molar-refractivity contribution is 5.99. The number of amides is 2. The average molecular weight is 438 g/mol. The van der Waals surface area contributed by atoms with E-state index in [1.807, 2.05) is 30.3 Å². The summed E-state index contributed by atoms with van der Waals surface area (Å²) in [6.07, 6.45) is 4.82. The molecule has 1 aromatic carbocycles. The minimum atomic E-state index is -0.784. The molecule has 0 radical (unpaired) electrons. The van der Waals surface area contributed by atoms with Crippen molar-refractivity contribution in [3.8, 4) is 5.75 Å². The number of nitrogens with zero attached hydrogens (tertiary/aromatic N) is 3. The van der Waals surface area contributed by atoms with Gasteiger partial charge < -0.3 is 9.47 Å². The molecule has 4 rings (SSSR count). The van der Waals surface area contributed by atoms with E-state index < -0.39 is 17.6 Å². The Bertz CT molecular complexity index is 1140. The van der Waals surface area contributed by atoms with Crippen molar-refractivity contribution in [2.75, 3.05) is 13.2 Å². The number of carbonyl (C=O) groups is 2. The molecule has 1 aliphatic rings. The molecule has 1 fully saturated rings. The van der Waals surface area contributed by atoms with Crippen LogP contribution in [0.1, 0.15) is 43.7 Å². The molecule has 0 spiro atoms. The number of carbonyl (C=O) groups excluding carboxylic acids is 2. The van der Waals surface area contributed by atoms with Crippen molar-refractivity contribution in [3.05, 3.63) is 64.7 Å². The molecule has 9 nitrogen and oxygen atoms in total. The maximum Gasteiger partial charge on any atom is 0.351 e. The summed E-state index contributed by atoms with van der Waals surface area (Å²) in [5.74, 6) is -0.278. The Kier molecular flexibility index (Phi) is 6.96. The van der Waals surface area contributed by atoms with E-state index in [1.54, 1.807) is 18.3 Å². The van der Waals surface area contributed by atoms with Crippen LogP contribution in [-0.4, -0.2) is 39.2 Å². The van der Waals surface area contributed by atoms with E-state index in [9.17, 15) is 14.4 Å². The minimum Gasteiger partial charge on any atom is -0.492 e. The van der Waals surface area contributed by atoms with Gasteiger partial charge in [0, 0.05) is 13.0 Å². The van der Waals surface area contributed by atoms with Gasteiger partial charge in [0.2, 0.25) is 5.91 Å². The lowest BCUT2D eigenvalue weighted by Gasteiger charge is -2.19. The predicted molar refractivity (Wildman–Crippen MR) is 116 cm³/mol. The molecule has 3 aromatic rings. The topological polar surface area (TPSA) is 104 Å². The summed E-state index contributed by atoms with van der Waals surface area (Å²) in [5.41, 5.74) is 1.15. The Morgan fingerprint density at radius 3 is 2.62 bits per heavy atom. The fourth-order valence-electron chi connectivity index (χ4n) is 3.61. The molecule has 1 atom stereocenters. The van der Waals surface area contributed by atoms with Crippen LogP contribution in [0.3, 0.4) is 0 Å². The highest BCUT2D eigenvalue weighted by Gasteiger charge is 2.30. The second kappa shape index (κ2) is 10.2. The van der Waals surface area contributed by atoms with E-state index in [0.29, 0.717) is 31.2 Å². The normalized spacial score (nSPS) is 16.3. The zero-order valence-electron chi connectivity index (χ0n) is 17.7. The van der Waals surface area contributed by atoms with Gasteiger partial charge in [-0.2, -0.15) is 4.68 Å². The number of benzene rings is 1. The van der Waals surface area contributed by atoms with Gasteiger partial charge in [0.05, 0.1) is 19.4 Å². The summed E-state index contributed by atoms with van der Waals surface area (Å²) in [6.45, 7) is 1.86. The number of hydrogen-bond acceptors (Lipinski definition) is 6. The molecule has 32 heavy (non-hydrogen) atoms. The SMILES string of the molecule is O=C1CCC(n2nc3ccc(OCCCCCOCc4ccccc4)cn3c2=O)C(=O)N1. The van der Waals surface area contributed by atoms with Crippen molar-refractivity contribution in [1.29, 1.82) is 0 Å². The average Bonchev–Trinajstić information content (AvgIpc) is 3.12. The molecule has 168 valence electrons. The first-order chi connectivity index (χ1) is 15.6. The highest BCUT2D eigenvalue weighted by Crippen LogP contribution is 2.18. The molecule has 3 heterocycles. The maximum atomic E-state index is 12.7. The number of piperidine rings is 1. The standard InChI is InChI=1S/C23H26N4O5/c28-21-12-10-19(22(29)24-21)27-23(30)26-15-18(9-11-20(26)25-27)32-14-6-2-5-13-31-16-17-7-3-1-4-8-17/h1,3-4,7-9,11,15,19H,2,5-6,10,12-14,16H2,(H,24,28,29). The summed E-state index contributed by atoms with van der Waals surface area (Å²) in [4.78, 5) is 36.1. The molecule has 0 saturated carbocycles. The Labute approximate surface area is 184 Å². The van der Waals surface area contributed by atoms with Gasteiger partial charge in [-0.3, -0.25) is 14.9 Å². The van der Waals surface area contributed by atoms with Crippen LogP contribution in [0.4, 0.5) is 0 Å². The van der Waals surface area contributed by atoms with E-state index in [4.69, 9.17) is 9.47 Å². The zero-order chi connectivity index (χ0) is 22.3. The van der Waals surface area contributed by atoms with Gasteiger partial charge in [-0.15, -0.1) is 5.10 Å². The largest absolute Gasteiger partial charge is 0.492 e. The summed E-state index contributed by atoms with van der Waals surface area (Å²) in [6, 6.07) is 12.7. The van der Waals surface area contributed by atoms with Crippen LogP contribution in [0.15, 0.2) is 53.5 Å². The fourth-order valence-corrected chi connectivity index (χ4v) is 3.61. The van der Waals surface area contributed by atoms with Crippen LogP contribution in [0.2, 0.25) is 0 Å². The van der Waals surface area contributed by atoms with Crippen molar-refractivity contribution >= 4 is 17.5 Å². The molecular formula is C23H26N4O5. The third-order valence-electron chi connectivity index (χ3n) is 5.33. The summed E-state index contributed by atoms with van der Waals surface area (Å²) < 4.78 is 13.9. The zero-order valence-corrected chi connectivity index (χ0v) is 17.7. The van der Waals surface area contributed by atoms with Crippen LogP contribution >= 0.6 is 0 Å². The van der Waals surface area contributed by atoms with E-state index in [-0.39, 0.29) is 18.7 Å². The number of nitrogens with one attached hydrogen (secondary N) is 1. The Morgan fingerprint density at radius 1 is 1.00 bits per heavy atom. The second-order valence-electron chi connectivity index (χ2n) is 7.73. The van der Waals surface area contributed by atoms with Gasteiger partial charge in [-0.1, -0.05) is 30.3 Å². The van der Waals surface area contributed by atoms with Crippen molar-refractivity contribution < 1.29 is 19.1 Å². The molecule has 2 amide bonds. The first-order valence-electron chi connectivity index (χ1n) is 10.8. The van der Waals surface area contributed by atoms with Crippen LogP contribution in [0.25, 0.3) is 5.65 Å². The second-order valence-corrected chi connectivity index (χ2v) is 7.73. The number of aromatic nitrogens is 3. The Hall–Kier alpha value is -3.46. The van der Waals surface area contributed by atoms with Gasteiger partial charge in [0.25, 0.3) is 5.91 Å². The number of rotatable bonds is 10. The molecule has 2 aromatic heterocycles. The Balaban J connectivity index is 1.23. The van der Waals surface area contributed by atoms with Crippen LogP contribution in [0.5, 0.6) is 5.75 Å². The molecule has 0 bridgehead atoms. The van der Waals surface area contributed by atoms with Crippen molar-refractivity contribution in [1.82, 2.24) is 19.5 Å². The van der Waals surface area contributed by atoms with Crippen LogP contribution in [-0.2, 0) is 20.9 Å². The van der Waals surface area contributed by atoms with E-state index >= 15 is 0 Å². The van der Waals surface area contributed by atoms with Crippen molar-refractivity contribution in [2.45, 2.75) is 44.8 Å². The van der Waals surface area contributed by atoms with Gasteiger partial charge >= 0.3 is 5.69 Å². The Morgan fingerprint density at radius 2 is 1.81 bits per heavy atom. The van der Waals surface area contributed by atoms with E-state index in [2.05, 4.69) is 10.4 Å². The first kappa shape index (κ1) is 21.8.